The predicted octanol–water partition coefficient (Wildman–Crippen LogP) is 18.1. The molecule has 0 spiro atoms. The molecule has 0 radical (unpaired) electrons. The second-order valence-corrected chi connectivity index (χ2v) is 18.5. The van der Waals surface area contributed by atoms with E-state index >= 15 is 0 Å². The van der Waals surface area contributed by atoms with Crippen molar-refractivity contribution in [3.05, 3.63) is 36.5 Å². The minimum absolute atomic E-state index is 0.0816. The van der Waals surface area contributed by atoms with Crippen molar-refractivity contribution < 1.29 is 28.6 Å². The van der Waals surface area contributed by atoms with E-state index in [0.29, 0.717) is 19.3 Å². The summed E-state index contributed by atoms with van der Waals surface area (Å²) in [6, 6.07) is 0. The molecule has 0 heterocycles. The van der Waals surface area contributed by atoms with Crippen molar-refractivity contribution in [2.24, 2.45) is 0 Å². The number of carbonyl (C=O) groups excluding carboxylic acids is 3. The zero-order valence-corrected chi connectivity index (χ0v) is 42.1. The maximum atomic E-state index is 12.8. The van der Waals surface area contributed by atoms with Crippen molar-refractivity contribution in [1.29, 1.82) is 0 Å². The van der Waals surface area contributed by atoms with E-state index in [-0.39, 0.29) is 31.1 Å². The fraction of sp³-hybridized carbons (Fsp3) is 0.842. The largest absolute Gasteiger partial charge is 0.462 e. The summed E-state index contributed by atoms with van der Waals surface area (Å²) >= 11 is 0. The summed E-state index contributed by atoms with van der Waals surface area (Å²) in [7, 11) is 0. The van der Waals surface area contributed by atoms with Crippen LogP contribution in [0, 0.1) is 0 Å². The quantitative estimate of drug-likeness (QED) is 0.0262. The molecule has 0 rings (SSSR count). The van der Waals surface area contributed by atoms with Crippen molar-refractivity contribution >= 4 is 17.9 Å². The molecule has 0 aliphatic rings. The van der Waals surface area contributed by atoms with Crippen molar-refractivity contribution in [3.63, 3.8) is 0 Å². The van der Waals surface area contributed by atoms with E-state index in [4.69, 9.17) is 14.2 Å². The third kappa shape index (κ3) is 50.5. The fourth-order valence-corrected chi connectivity index (χ4v) is 8.01. The van der Waals surface area contributed by atoms with E-state index in [0.717, 1.165) is 70.6 Å². The summed E-state index contributed by atoms with van der Waals surface area (Å²) in [5.74, 6) is -0.910. The van der Waals surface area contributed by atoms with Crippen molar-refractivity contribution in [2.75, 3.05) is 13.2 Å². The van der Waals surface area contributed by atoms with E-state index in [2.05, 4.69) is 57.2 Å². The van der Waals surface area contributed by atoms with Gasteiger partial charge in [-0.1, -0.05) is 237 Å². The summed E-state index contributed by atoms with van der Waals surface area (Å²) in [6.07, 6.45) is 61.5. The van der Waals surface area contributed by atoms with Crippen LogP contribution in [0.1, 0.15) is 290 Å². The van der Waals surface area contributed by atoms with Gasteiger partial charge in [0.25, 0.3) is 0 Å². The minimum atomic E-state index is -0.782. The molecule has 0 bridgehead atoms. The van der Waals surface area contributed by atoms with Gasteiger partial charge in [0.1, 0.15) is 13.2 Å². The van der Waals surface area contributed by atoms with Crippen molar-refractivity contribution in [3.8, 4) is 0 Å². The molecule has 0 amide bonds. The summed E-state index contributed by atoms with van der Waals surface area (Å²) in [5.41, 5.74) is 0. The first kappa shape index (κ1) is 60.6. The molecule has 1 unspecified atom stereocenters. The van der Waals surface area contributed by atoms with Crippen LogP contribution >= 0.6 is 0 Å². The Balaban J connectivity index is 4.27. The van der Waals surface area contributed by atoms with E-state index in [9.17, 15) is 14.4 Å². The molecular weight excluding hydrogens is 781 g/mol. The molecule has 0 aliphatic carbocycles. The van der Waals surface area contributed by atoms with Gasteiger partial charge >= 0.3 is 17.9 Å². The fourth-order valence-electron chi connectivity index (χ4n) is 8.01. The number of unbranched alkanes of at least 4 members (excludes halogenated alkanes) is 33. The van der Waals surface area contributed by atoms with Crippen LogP contribution in [0.2, 0.25) is 0 Å². The molecule has 0 saturated carbocycles. The summed E-state index contributed by atoms with van der Waals surface area (Å²) in [5, 5.41) is 0. The van der Waals surface area contributed by atoms with Gasteiger partial charge in [-0.15, -0.1) is 0 Å². The Labute approximate surface area is 391 Å². The molecule has 6 heteroatoms. The first-order chi connectivity index (χ1) is 31.0. The van der Waals surface area contributed by atoms with E-state index in [1.54, 1.807) is 0 Å². The normalized spacial score (nSPS) is 12.2. The molecule has 0 aliphatic heterocycles. The van der Waals surface area contributed by atoms with Crippen LogP contribution in [0.3, 0.4) is 0 Å². The van der Waals surface area contributed by atoms with Gasteiger partial charge < -0.3 is 14.2 Å². The standard InChI is InChI=1S/C57H104O6/c1-4-7-10-13-16-19-21-23-25-27-28-30-31-33-35-38-41-44-47-50-56(59)62-53-54(52-61-55(58)49-46-43-40-37-18-15-12-9-6-3)63-57(60)51-48-45-42-39-36-34-32-29-26-24-22-20-17-14-11-8-5-2/h9,12,18,27-28,37,54H,4-8,10-11,13-17,19-26,29-36,38-53H2,1-3H3/b12-9-,28-27-,37-18-. The Hall–Kier alpha value is -2.37. The van der Waals surface area contributed by atoms with Gasteiger partial charge in [0.2, 0.25) is 0 Å². The van der Waals surface area contributed by atoms with Crippen LogP contribution in [0.15, 0.2) is 36.5 Å². The Bertz CT molecular complexity index is 1060. The maximum Gasteiger partial charge on any atom is 0.306 e. The summed E-state index contributed by atoms with van der Waals surface area (Å²) in [4.78, 5) is 37.9. The highest BCUT2D eigenvalue weighted by atomic mass is 16.6. The molecule has 0 aromatic rings. The minimum Gasteiger partial charge on any atom is -0.462 e. The van der Waals surface area contributed by atoms with Crippen LogP contribution in [0.5, 0.6) is 0 Å². The summed E-state index contributed by atoms with van der Waals surface area (Å²) < 4.78 is 16.8. The van der Waals surface area contributed by atoms with Gasteiger partial charge in [0.05, 0.1) is 0 Å². The molecule has 0 N–H and O–H groups in total. The van der Waals surface area contributed by atoms with E-state index in [1.807, 2.05) is 0 Å². The highest BCUT2D eigenvalue weighted by Gasteiger charge is 2.19. The maximum absolute atomic E-state index is 12.8. The average molecular weight is 885 g/mol. The second kappa shape index (κ2) is 52.3. The van der Waals surface area contributed by atoms with Crippen LogP contribution in [-0.4, -0.2) is 37.2 Å². The smallest absolute Gasteiger partial charge is 0.306 e. The SMILES string of the molecule is CC/C=C\C/C=C\CCCCC(=O)OCC(COC(=O)CCCCCCCCC/C=C\CCCCCCCCCC)OC(=O)CCCCCCCCCCCCCCCCCCC. The zero-order valence-electron chi connectivity index (χ0n) is 42.1. The lowest BCUT2D eigenvalue weighted by molar-refractivity contribution is -0.167. The van der Waals surface area contributed by atoms with Gasteiger partial charge in [-0.2, -0.15) is 0 Å². The predicted molar refractivity (Wildman–Crippen MR) is 270 cm³/mol. The molecule has 1 atom stereocenters. The van der Waals surface area contributed by atoms with Crippen LogP contribution < -0.4 is 0 Å². The van der Waals surface area contributed by atoms with Crippen LogP contribution in [0.4, 0.5) is 0 Å². The molecule has 0 aromatic heterocycles. The monoisotopic (exact) mass is 885 g/mol. The Morgan fingerprint density at radius 3 is 1.00 bits per heavy atom. The number of esters is 3. The van der Waals surface area contributed by atoms with Gasteiger partial charge in [-0.25, -0.2) is 0 Å². The van der Waals surface area contributed by atoms with Crippen LogP contribution in [0.25, 0.3) is 0 Å². The number of rotatable bonds is 50. The first-order valence-corrected chi connectivity index (χ1v) is 27.5. The van der Waals surface area contributed by atoms with Crippen molar-refractivity contribution in [2.45, 2.75) is 297 Å². The molecular formula is C57H104O6. The third-order valence-corrected chi connectivity index (χ3v) is 12.1. The molecule has 6 nitrogen and oxygen atoms in total. The molecule has 0 saturated heterocycles. The van der Waals surface area contributed by atoms with Gasteiger partial charge in [-0.3, -0.25) is 14.4 Å². The number of ether oxygens (including phenoxy) is 3. The average Bonchev–Trinajstić information content (AvgIpc) is 3.28. The first-order valence-electron chi connectivity index (χ1n) is 27.5. The Morgan fingerprint density at radius 1 is 0.333 bits per heavy atom. The van der Waals surface area contributed by atoms with Gasteiger partial charge in [-0.05, 0) is 70.6 Å². The lowest BCUT2D eigenvalue weighted by atomic mass is 10.0. The number of allylic oxidation sites excluding steroid dienone is 6. The lowest BCUT2D eigenvalue weighted by Gasteiger charge is -2.18. The van der Waals surface area contributed by atoms with Crippen molar-refractivity contribution in [1.82, 2.24) is 0 Å². The topological polar surface area (TPSA) is 78.9 Å². The van der Waals surface area contributed by atoms with E-state index < -0.39 is 6.10 Å². The molecule has 368 valence electrons. The lowest BCUT2D eigenvalue weighted by Crippen LogP contribution is -2.30. The van der Waals surface area contributed by atoms with E-state index in [1.165, 1.54) is 180 Å². The van der Waals surface area contributed by atoms with Crippen LogP contribution in [-0.2, 0) is 28.6 Å². The number of hydrogen-bond acceptors (Lipinski definition) is 6. The molecule has 0 aromatic carbocycles. The second-order valence-electron chi connectivity index (χ2n) is 18.5. The van der Waals surface area contributed by atoms with Gasteiger partial charge in [0.15, 0.2) is 6.10 Å². The molecule has 63 heavy (non-hydrogen) atoms. The molecule has 0 fully saturated rings. The Kier molecular flexibility index (Phi) is 50.3. The van der Waals surface area contributed by atoms with Gasteiger partial charge in [0, 0.05) is 19.3 Å². The zero-order chi connectivity index (χ0) is 45.8. The third-order valence-electron chi connectivity index (χ3n) is 12.1. The summed E-state index contributed by atoms with van der Waals surface area (Å²) in [6.45, 7) is 6.51. The Morgan fingerprint density at radius 2 is 0.619 bits per heavy atom. The number of carbonyl (C=O) groups is 3. The highest BCUT2D eigenvalue weighted by Crippen LogP contribution is 2.16. The highest BCUT2D eigenvalue weighted by molar-refractivity contribution is 5.71. The number of hydrogen-bond donors (Lipinski definition) is 0.